The van der Waals surface area contributed by atoms with Gasteiger partial charge < -0.3 is 15.4 Å². The van der Waals surface area contributed by atoms with Crippen molar-refractivity contribution in [2.45, 2.75) is 39.3 Å². The minimum atomic E-state index is -0.187. The number of rotatable bonds is 5. The molecule has 1 aliphatic carbocycles. The first-order valence-corrected chi connectivity index (χ1v) is 6.90. The molecule has 0 bridgehead atoms. The number of hydrogen-bond donors (Lipinski definition) is 2. The van der Waals surface area contributed by atoms with Crippen LogP contribution in [-0.2, 0) is 4.74 Å². The van der Waals surface area contributed by atoms with E-state index < -0.39 is 0 Å². The Labute approximate surface area is 119 Å². The van der Waals surface area contributed by atoms with Gasteiger partial charge in [-0.3, -0.25) is 4.79 Å². The lowest BCUT2D eigenvalue weighted by Gasteiger charge is -2.51. The zero-order chi connectivity index (χ0) is 14.8. The number of methoxy groups -OCH3 is 1. The molecular formula is C14H22N4O2. The number of ether oxygens (including phenoxy) is 1. The van der Waals surface area contributed by atoms with E-state index in [-0.39, 0.29) is 23.5 Å². The van der Waals surface area contributed by atoms with E-state index in [0.29, 0.717) is 11.5 Å². The average Bonchev–Trinajstić information content (AvgIpc) is 2.44. The first-order valence-electron chi connectivity index (χ1n) is 6.90. The SMILES string of the molecule is CCNc1ccc(C(=O)NC2CC(OC)C2(C)C)nn1. The maximum Gasteiger partial charge on any atom is 0.272 e. The Morgan fingerprint density at radius 3 is 2.70 bits per heavy atom. The van der Waals surface area contributed by atoms with Crippen molar-refractivity contribution in [1.29, 1.82) is 0 Å². The summed E-state index contributed by atoms with van der Waals surface area (Å²) < 4.78 is 5.37. The molecule has 0 saturated heterocycles. The fourth-order valence-electron chi connectivity index (χ4n) is 2.49. The van der Waals surface area contributed by atoms with Crippen LogP contribution in [0.15, 0.2) is 12.1 Å². The Hall–Kier alpha value is -1.69. The quantitative estimate of drug-likeness (QED) is 0.852. The Kier molecular flexibility index (Phi) is 4.23. The molecule has 2 atom stereocenters. The van der Waals surface area contributed by atoms with E-state index in [9.17, 15) is 4.79 Å². The third-order valence-corrected chi connectivity index (χ3v) is 4.02. The number of carbonyl (C=O) groups excluding carboxylic acids is 1. The Morgan fingerprint density at radius 2 is 2.20 bits per heavy atom. The van der Waals surface area contributed by atoms with Crippen LogP contribution in [0.2, 0.25) is 0 Å². The van der Waals surface area contributed by atoms with Gasteiger partial charge in [0.05, 0.1) is 6.10 Å². The molecule has 110 valence electrons. The number of nitrogens with zero attached hydrogens (tertiary/aromatic N) is 2. The maximum atomic E-state index is 12.1. The molecule has 2 rings (SSSR count). The monoisotopic (exact) mass is 278 g/mol. The number of hydrogen-bond acceptors (Lipinski definition) is 5. The van der Waals surface area contributed by atoms with Crippen molar-refractivity contribution in [3.63, 3.8) is 0 Å². The van der Waals surface area contributed by atoms with Gasteiger partial charge >= 0.3 is 0 Å². The Balaban J connectivity index is 1.96. The molecule has 20 heavy (non-hydrogen) atoms. The van der Waals surface area contributed by atoms with E-state index in [1.54, 1.807) is 19.2 Å². The van der Waals surface area contributed by atoms with Crippen LogP contribution in [-0.4, -0.2) is 41.9 Å². The smallest absolute Gasteiger partial charge is 0.272 e. The largest absolute Gasteiger partial charge is 0.381 e. The van der Waals surface area contributed by atoms with Crippen molar-refractivity contribution >= 4 is 11.7 Å². The van der Waals surface area contributed by atoms with Gasteiger partial charge in [-0.2, -0.15) is 0 Å². The van der Waals surface area contributed by atoms with E-state index in [4.69, 9.17) is 4.74 Å². The average molecular weight is 278 g/mol. The molecule has 2 N–H and O–H groups in total. The fraction of sp³-hybridized carbons (Fsp3) is 0.643. The summed E-state index contributed by atoms with van der Waals surface area (Å²) in [5.74, 6) is 0.487. The van der Waals surface area contributed by atoms with Crippen molar-refractivity contribution in [2.75, 3.05) is 19.0 Å². The maximum absolute atomic E-state index is 12.1. The Morgan fingerprint density at radius 1 is 1.45 bits per heavy atom. The van der Waals surface area contributed by atoms with Crippen LogP contribution in [0, 0.1) is 5.41 Å². The predicted molar refractivity (Wildman–Crippen MR) is 76.6 cm³/mol. The summed E-state index contributed by atoms with van der Waals surface area (Å²) in [6.45, 7) is 6.94. The number of nitrogens with one attached hydrogen (secondary N) is 2. The lowest BCUT2D eigenvalue weighted by Crippen LogP contribution is -2.61. The summed E-state index contributed by atoms with van der Waals surface area (Å²) in [4.78, 5) is 12.1. The highest BCUT2D eigenvalue weighted by Crippen LogP contribution is 2.42. The summed E-state index contributed by atoms with van der Waals surface area (Å²) in [6.07, 6.45) is 1.02. The molecule has 1 aromatic heterocycles. The van der Waals surface area contributed by atoms with E-state index in [1.165, 1.54) is 0 Å². The highest BCUT2D eigenvalue weighted by atomic mass is 16.5. The zero-order valence-corrected chi connectivity index (χ0v) is 12.4. The zero-order valence-electron chi connectivity index (χ0n) is 12.4. The third kappa shape index (κ3) is 2.75. The molecule has 0 radical (unpaired) electrons. The molecule has 6 nitrogen and oxygen atoms in total. The summed E-state index contributed by atoms with van der Waals surface area (Å²) in [5, 5.41) is 13.9. The molecule has 1 saturated carbocycles. The molecule has 1 heterocycles. The van der Waals surface area contributed by atoms with Gasteiger partial charge in [-0.25, -0.2) is 0 Å². The number of aromatic nitrogens is 2. The number of anilines is 1. The molecule has 0 aliphatic heterocycles. The van der Waals surface area contributed by atoms with Crippen LogP contribution in [0.5, 0.6) is 0 Å². The second kappa shape index (κ2) is 5.75. The first kappa shape index (κ1) is 14.7. The topological polar surface area (TPSA) is 76.1 Å². The molecular weight excluding hydrogens is 256 g/mol. The van der Waals surface area contributed by atoms with Crippen LogP contribution < -0.4 is 10.6 Å². The molecule has 6 heteroatoms. The van der Waals surface area contributed by atoms with Gasteiger partial charge in [0.2, 0.25) is 0 Å². The van der Waals surface area contributed by atoms with Crippen molar-refractivity contribution < 1.29 is 9.53 Å². The highest BCUT2D eigenvalue weighted by Gasteiger charge is 2.49. The minimum absolute atomic E-state index is 0.0540. The van der Waals surface area contributed by atoms with Crippen molar-refractivity contribution in [3.05, 3.63) is 17.8 Å². The normalized spacial score (nSPS) is 23.8. The molecule has 1 aromatic rings. The fourth-order valence-corrected chi connectivity index (χ4v) is 2.49. The predicted octanol–water partition coefficient (Wildman–Crippen LogP) is 1.45. The molecule has 1 aliphatic rings. The summed E-state index contributed by atoms with van der Waals surface area (Å²) in [5.41, 5.74) is 0.282. The molecule has 1 amide bonds. The van der Waals surface area contributed by atoms with Gasteiger partial charge in [-0.05, 0) is 25.5 Å². The van der Waals surface area contributed by atoms with Gasteiger partial charge in [-0.15, -0.1) is 10.2 Å². The van der Waals surface area contributed by atoms with Crippen molar-refractivity contribution in [3.8, 4) is 0 Å². The van der Waals surface area contributed by atoms with Gasteiger partial charge in [-0.1, -0.05) is 13.8 Å². The van der Waals surface area contributed by atoms with Crippen molar-refractivity contribution in [1.82, 2.24) is 15.5 Å². The van der Waals surface area contributed by atoms with E-state index in [2.05, 4.69) is 34.7 Å². The molecule has 0 aromatic carbocycles. The van der Waals surface area contributed by atoms with Gasteiger partial charge in [0.15, 0.2) is 5.69 Å². The van der Waals surface area contributed by atoms with Crippen LogP contribution in [0.4, 0.5) is 5.82 Å². The summed E-state index contributed by atoms with van der Waals surface area (Å²) in [7, 11) is 1.70. The van der Waals surface area contributed by atoms with E-state index in [1.807, 2.05) is 6.92 Å². The Bertz CT molecular complexity index is 473. The third-order valence-electron chi connectivity index (χ3n) is 4.02. The number of carbonyl (C=O) groups is 1. The number of amides is 1. The highest BCUT2D eigenvalue weighted by molar-refractivity contribution is 5.92. The van der Waals surface area contributed by atoms with Gasteiger partial charge in [0, 0.05) is 25.1 Å². The first-order chi connectivity index (χ1) is 9.48. The summed E-state index contributed by atoms with van der Waals surface area (Å²) >= 11 is 0. The second-order valence-corrected chi connectivity index (χ2v) is 5.64. The van der Waals surface area contributed by atoms with Crippen LogP contribution in [0.1, 0.15) is 37.7 Å². The molecule has 1 fully saturated rings. The lowest BCUT2D eigenvalue weighted by atomic mass is 9.64. The minimum Gasteiger partial charge on any atom is -0.381 e. The molecule has 2 unspecified atom stereocenters. The van der Waals surface area contributed by atoms with Crippen LogP contribution >= 0.6 is 0 Å². The van der Waals surface area contributed by atoms with E-state index >= 15 is 0 Å². The molecule has 0 spiro atoms. The second-order valence-electron chi connectivity index (χ2n) is 5.64. The van der Waals surface area contributed by atoms with E-state index in [0.717, 1.165) is 13.0 Å². The van der Waals surface area contributed by atoms with Gasteiger partial charge in [0.1, 0.15) is 5.82 Å². The van der Waals surface area contributed by atoms with Gasteiger partial charge in [0.25, 0.3) is 5.91 Å². The lowest BCUT2D eigenvalue weighted by molar-refractivity contribution is -0.0942. The van der Waals surface area contributed by atoms with Crippen LogP contribution in [0.25, 0.3) is 0 Å². The van der Waals surface area contributed by atoms with Crippen LogP contribution in [0.3, 0.4) is 0 Å². The standard InChI is InChI=1S/C14H22N4O2/c1-5-15-12-7-6-9(17-18-12)13(19)16-10-8-11(20-4)14(10,2)3/h6-7,10-11H,5,8H2,1-4H3,(H,15,18)(H,16,19). The summed E-state index contributed by atoms with van der Waals surface area (Å²) in [6, 6.07) is 3.55. The van der Waals surface area contributed by atoms with Crippen molar-refractivity contribution in [2.24, 2.45) is 5.41 Å².